The molecule has 1 rings (SSSR count). The summed E-state index contributed by atoms with van der Waals surface area (Å²) >= 11 is 0. The molecule has 5 nitrogen and oxygen atoms in total. The van der Waals surface area contributed by atoms with Gasteiger partial charge in [0.05, 0.1) is 13.7 Å². The second-order valence-corrected chi connectivity index (χ2v) is 4.12. The van der Waals surface area contributed by atoms with Gasteiger partial charge in [-0.15, -0.1) is 0 Å². The fourth-order valence-corrected chi connectivity index (χ4v) is 1.55. The molecule has 0 aliphatic rings. The van der Waals surface area contributed by atoms with E-state index in [0.717, 1.165) is 12.8 Å². The van der Waals surface area contributed by atoms with Crippen LogP contribution in [0.1, 0.15) is 25.3 Å². The highest BCUT2D eigenvalue weighted by atomic mass is 16.5. The largest absolute Gasteiger partial charge is 0.497 e. The van der Waals surface area contributed by atoms with E-state index in [4.69, 9.17) is 9.47 Å². The van der Waals surface area contributed by atoms with E-state index in [0.29, 0.717) is 23.6 Å². The minimum Gasteiger partial charge on any atom is -0.497 e. The van der Waals surface area contributed by atoms with Crippen LogP contribution in [0.15, 0.2) is 18.2 Å². The summed E-state index contributed by atoms with van der Waals surface area (Å²) in [5, 5.41) is 12.0. The van der Waals surface area contributed by atoms with Crippen molar-refractivity contribution >= 4 is 5.91 Å². The van der Waals surface area contributed by atoms with Gasteiger partial charge in [0.1, 0.15) is 11.5 Å². The minimum absolute atomic E-state index is 0.0525. The van der Waals surface area contributed by atoms with Crippen LogP contribution in [-0.2, 0) is 11.4 Å². The molecule has 0 aliphatic carbocycles. The number of methoxy groups -OCH3 is 1. The minimum atomic E-state index is -0.163. The van der Waals surface area contributed by atoms with Crippen molar-refractivity contribution < 1.29 is 19.4 Å². The summed E-state index contributed by atoms with van der Waals surface area (Å²) in [6.45, 7) is 2.51. The standard InChI is InChI=1S/C14H21NO4/c1-3-4-7-15-14(17)10-19-13-6-5-12(18-2)8-11(13)9-16/h5-6,8,16H,3-4,7,9-10H2,1-2H3,(H,15,17). The van der Waals surface area contributed by atoms with Gasteiger partial charge in [-0.2, -0.15) is 0 Å². The number of rotatable bonds is 8. The first kappa shape index (κ1) is 15.3. The van der Waals surface area contributed by atoms with Crippen LogP contribution in [0.2, 0.25) is 0 Å². The molecule has 0 fully saturated rings. The number of carbonyl (C=O) groups excluding carboxylic acids is 1. The Balaban J connectivity index is 2.50. The predicted octanol–water partition coefficient (Wildman–Crippen LogP) is 1.48. The number of hydrogen-bond acceptors (Lipinski definition) is 4. The van der Waals surface area contributed by atoms with Crippen LogP contribution < -0.4 is 14.8 Å². The lowest BCUT2D eigenvalue weighted by molar-refractivity contribution is -0.123. The third kappa shape index (κ3) is 5.18. The molecule has 2 N–H and O–H groups in total. The van der Waals surface area contributed by atoms with Crippen molar-refractivity contribution in [3.05, 3.63) is 23.8 Å². The number of ether oxygens (including phenoxy) is 2. The van der Waals surface area contributed by atoms with Crippen LogP contribution in [-0.4, -0.2) is 31.3 Å². The highest BCUT2D eigenvalue weighted by molar-refractivity contribution is 5.77. The molecule has 1 aromatic rings. The maximum absolute atomic E-state index is 11.5. The number of carbonyl (C=O) groups is 1. The first-order valence-electron chi connectivity index (χ1n) is 6.38. The molecule has 106 valence electrons. The summed E-state index contributed by atoms with van der Waals surface area (Å²) in [5.74, 6) is 0.978. The summed E-state index contributed by atoms with van der Waals surface area (Å²) < 4.78 is 10.4. The number of aliphatic hydroxyl groups is 1. The number of unbranched alkanes of at least 4 members (excludes halogenated alkanes) is 1. The SMILES string of the molecule is CCCCNC(=O)COc1ccc(OC)cc1CO. The predicted molar refractivity (Wildman–Crippen MR) is 72.3 cm³/mol. The first-order valence-corrected chi connectivity index (χ1v) is 6.38. The molecule has 0 unspecified atom stereocenters. The van der Waals surface area contributed by atoms with Crippen molar-refractivity contribution in [3.63, 3.8) is 0 Å². The van der Waals surface area contributed by atoms with Crippen LogP contribution in [0, 0.1) is 0 Å². The second-order valence-electron chi connectivity index (χ2n) is 4.12. The van der Waals surface area contributed by atoms with Crippen molar-refractivity contribution in [2.75, 3.05) is 20.3 Å². The summed E-state index contributed by atoms with van der Waals surface area (Å²) in [5.41, 5.74) is 0.598. The molecule has 1 amide bonds. The molecule has 0 saturated carbocycles. The van der Waals surface area contributed by atoms with E-state index in [2.05, 4.69) is 12.2 Å². The third-order valence-electron chi connectivity index (χ3n) is 2.65. The van der Waals surface area contributed by atoms with Gasteiger partial charge in [-0.05, 0) is 24.6 Å². The van der Waals surface area contributed by atoms with Gasteiger partial charge in [0.25, 0.3) is 5.91 Å². The van der Waals surface area contributed by atoms with Gasteiger partial charge in [0, 0.05) is 12.1 Å². The van der Waals surface area contributed by atoms with Gasteiger partial charge in [-0.25, -0.2) is 0 Å². The fraction of sp³-hybridized carbons (Fsp3) is 0.500. The molecule has 0 saturated heterocycles. The Morgan fingerprint density at radius 3 is 2.84 bits per heavy atom. The monoisotopic (exact) mass is 267 g/mol. The zero-order valence-corrected chi connectivity index (χ0v) is 11.4. The summed E-state index contributed by atoms with van der Waals surface area (Å²) in [7, 11) is 1.55. The number of aliphatic hydroxyl groups excluding tert-OH is 1. The molecule has 0 atom stereocenters. The molecule has 0 aromatic heterocycles. The van der Waals surface area contributed by atoms with E-state index in [1.54, 1.807) is 25.3 Å². The molecule has 1 aromatic carbocycles. The van der Waals surface area contributed by atoms with Gasteiger partial charge in [-0.1, -0.05) is 13.3 Å². The molecule has 0 spiro atoms. The Kier molecular flexibility index (Phi) is 6.74. The lowest BCUT2D eigenvalue weighted by Crippen LogP contribution is -2.29. The van der Waals surface area contributed by atoms with Crippen LogP contribution in [0.4, 0.5) is 0 Å². The zero-order valence-electron chi connectivity index (χ0n) is 11.4. The Morgan fingerprint density at radius 2 is 2.21 bits per heavy atom. The summed E-state index contributed by atoms with van der Waals surface area (Å²) in [6, 6.07) is 5.09. The molecule has 0 bridgehead atoms. The molecular weight excluding hydrogens is 246 g/mol. The van der Waals surface area contributed by atoms with Crippen molar-refractivity contribution in [1.29, 1.82) is 0 Å². The Morgan fingerprint density at radius 1 is 1.42 bits per heavy atom. The topological polar surface area (TPSA) is 67.8 Å². The fourth-order valence-electron chi connectivity index (χ4n) is 1.55. The average molecular weight is 267 g/mol. The molecule has 0 aliphatic heterocycles. The number of nitrogens with one attached hydrogen (secondary N) is 1. The number of benzene rings is 1. The molecular formula is C14H21NO4. The van der Waals surface area contributed by atoms with Crippen LogP contribution in [0.25, 0.3) is 0 Å². The highest BCUT2D eigenvalue weighted by Gasteiger charge is 2.07. The van der Waals surface area contributed by atoms with E-state index in [9.17, 15) is 9.90 Å². The van der Waals surface area contributed by atoms with E-state index in [-0.39, 0.29) is 19.1 Å². The van der Waals surface area contributed by atoms with Crippen molar-refractivity contribution in [2.24, 2.45) is 0 Å². The molecule has 5 heteroatoms. The first-order chi connectivity index (χ1) is 9.21. The van der Waals surface area contributed by atoms with Crippen LogP contribution in [0.5, 0.6) is 11.5 Å². The van der Waals surface area contributed by atoms with Gasteiger partial charge in [0.15, 0.2) is 6.61 Å². The van der Waals surface area contributed by atoms with Crippen LogP contribution in [0.3, 0.4) is 0 Å². The second kappa shape index (κ2) is 8.37. The van der Waals surface area contributed by atoms with E-state index < -0.39 is 0 Å². The number of hydrogen-bond donors (Lipinski definition) is 2. The van der Waals surface area contributed by atoms with Crippen LogP contribution >= 0.6 is 0 Å². The Hall–Kier alpha value is -1.75. The average Bonchev–Trinajstić information content (AvgIpc) is 2.45. The summed E-state index contributed by atoms with van der Waals surface area (Å²) in [6.07, 6.45) is 1.99. The van der Waals surface area contributed by atoms with Gasteiger partial charge < -0.3 is 19.9 Å². The lowest BCUT2D eigenvalue weighted by Gasteiger charge is -2.11. The lowest BCUT2D eigenvalue weighted by atomic mass is 10.2. The zero-order chi connectivity index (χ0) is 14.1. The van der Waals surface area contributed by atoms with Gasteiger partial charge >= 0.3 is 0 Å². The van der Waals surface area contributed by atoms with E-state index >= 15 is 0 Å². The van der Waals surface area contributed by atoms with Crippen molar-refractivity contribution in [1.82, 2.24) is 5.32 Å². The Labute approximate surface area is 113 Å². The third-order valence-corrected chi connectivity index (χ3v) is 2.65. The maximum atomic E-state index is 11.5. The number of amides is 1. The Bertz CT molecular complexity index is 406. The van der Waals surface area contributed by atoms with Crippen molar-refractivity contribution in [3.8, 4) is 11.5 Å². The highest BCUT2D eigenvalue weighted by Crippen LogP contribution is 2.24. The molecule has 0 radical (unpaired) electrons. The molecule has 19 heavy (non-hydrogen) atoms. The van der Waals surface area contributed by atoms with E-state index in [1.807, 2.05) is 0 Å². The normalized spacial score (nSPS) is 10.1. The van der Waals surface area contributed by atoms with Gasteiger partial charge in [-0.3, -0.25) is 4.79 Å². The maximum Gasteiger partial charge on any atom is 0.257 e. The van der Waals surface area contributed by atoms with Gasteiger partial charge in [0.2, 0.25) is 0 Å². The van der Waals surface area contributed by atoms with E-state index in [1.165, 1.54) is 0 Å². The summed E-state index contributed by atoms with van der Waals surface area (Å²) in [4.78, 5) is 11.5. The van der Waals surface area contributed by atoms with Crippen molar-refractivity contribution in [2.45, 2.75) is 26.4 Å². The smallest absolute Gasteiger partial charge is 0.257 e. The quantitative estimate of drug-likeness (QED) is 0.700. The molecule has 0 heterocycles.